The lowest BCUT2D eigenvalue weighted by Gasteiger charge is -2.32. The van der Waals surface area contributed by atoms with Crippen LogP contribution < -0.4 is 0 Å². The Kier molecular flexibility index (Phi) is 4.78. The van der Waals surface area contributed by atoms with Gasteiger partial charge in [-0.2, -0.15) is 0 Å². The van der Waals surface area contributed by atoms with Gasteiger partial charge in [0.25, 0.3) is 0 Å². The second-order valence-electron chi connectivity index (χ2n) is 6.33. The first-order valence-electron chi connectivity index (χ1n) is 7.56. The van der Waals surface area contributed by atoms with E-state index in [0.717, 1.165) is 5.56 Å². The third-order valence-corrected chi connectivity index (χ3v) is 4.14. The minimum absolute atomic E-state index is 0.302. The van der Waals surface area contributed by atoms with E-state index < -0.39 is 0 Å². The molecule has 0 saturated carbocycles. The lowest BCUT2D eigenvalue weighted by atomic mass is 9.89. The van der Waals surface area contributed by atoms with E-state index >= 15 is 0 Å². The van der Waals surface area contributed by atoms with Gasteiger partial charge in [-0.25, -0.2) is 4.79 Å². The SMILES string of the molecule is CCOC(=O)c1ccc(/C=C/B2OC(C)(C)C(C)(C)O2)cc1. The van der Waals surface area contributed by atoms with Crippen molar-refractivity contribution in [2.75, 3.05) is 6.61 Å². The van der Waals surface area contributed by atoms with Crippen LogP contribution in [0.4, 0.5) is 0 Å². The summed E-state index contributed by atoms with van der Waals surface area (Å²) in [6.45, 7) is 10.3. The van der Waals surface area contributed by atoms with Crippen LogP contribution in [-0.2, 0) is 14.0 Å². The topological polar surface area (TPSA) is 44.8 Å². The molecule has 0 aromatic heterocycles. The van der Waals surface area contributed by atoms with E-state index in [9.17, 15) is 4.79 Å². The largest absolute Gasteiger partial charge is 0.487 e. The predicted molar refractivity (Wildman–Crippen MR) is 87.5 cm³/mol. The van der Waals surface area contributed by atoms with Gasteiger partial charge in [-0.1, -0.05) is 24.2 Å². The van der Waals surface area contributed by atoms with E-state index in [0.29, 0.717) is 12.2 Å². The highest BCUT2D eigenvalue weighted by Crippen LogP contribution is 2.37. The molecule has 1 aromatic carbocycles. The Morgan fingerprint density at radius 2 is 1.68 bits per heavy atom. The number of benzene rings is 1. The second kappa shape index (κ2) is 6.27. The Bertz CT molecular complexity index is 545. The normalized spacial score (nSPS) is 19.6. The number of carbonyl (C=O) groups excluding carboxylic acids is 1. The zero-order valence-corrected chi connectivity index (χ0v) is 13.9. The van der Waals surface area contributed by atoms with Crippen molar-refractivity contribution in [2.45, 2.75) is 45.8 Å². The molecule has 1 heterocycles. The standard InChI is InChI=1S/C17H23BO4/c1-6-20-15(19)14-9-7-13(8-10-14)11-12-18-21-16(2,3)17(4,5)22-18/h7-12H,6H2,1-5H3/b12-11+. The number of ether oxygens (including phenoxy) is 1. The predicted octanol–water partition coefficient (Wildman–Crippen LogP) is 3.51. The fourth-order valence-electron chi connectivity index (χ4n) is 2.10. The van der Waals surface area contributed by atoms with Gasteiger partial charge in [0, 0.05) is 0 Å². The van der Waals surface area contributed by atoms with Crippen molar-refractivity contribution in [3.05, 3.63) is 41.4 Å². The first-order valence-corrected chi connectivity index (χ1v) is 7.56. The van der Waals surface area contributed by atoms with Crippen molar-refractivity contribution in [3.8, 4) is 0 Å². The molecular formula is C17H23BO4. The minimum Gasteiger partial charge on any atom is -0.462 e. The average Bonchev–Trinajstić information content (AvgIpc) is 2.65. The quantitative estimate of drug-likeness (QED) is 0.630. The van der Waals surface area contributed by atoms with Crippen molar-refractivity contribution >= 4 is 19.2 Å². The minimum atomic E-state index is -0.366. The molecule has 118 valence electrons. The highest BCUT2D eigenvalue weighted by Gasteiger charge is 2.49. The van der Waals surface area contributed by atoms with Gasteiger partial charge in [-0.05, 0) is 52.3 Å². The Labute approximate surface area is 132 Å². The molecule has 4 nitrogen and oxygen atoms in total. The van der Waals surface area contributed by atoms with Crippen molar-refractivity contribution in [1.29, 1.82) is 0 Å². The molecule has 0 amide bonds. The molecule has 1 aliphatic rings. The molecule has 0 bridgehead atoms. The lowest BCUT2D eigenvalue weighted by molar-refractivity contribution is 0.00578. The number of esters is 1. The molecule has 22 heavy (non-hydrogen) atoms. The molecule has 1 fully saturated rings. The van der Waals surface area contributed by atoms with Gasteiger partial charge >= 0.3 is 13.1 Å². The van der Waals surface area contributed by atoms with E-state index in [4.69, 9.17) is 14.0 Å². The van der Waals surface area contributed by atoms with Crippen molar-refractivity contribution in [3.63, 3.8) is 0 Å². The monoisotopic (exact) mass is 302 g/mol. The lowest BCUT2D eigenvalue weighted by Crippen LogP contribution is -2.41. The van der Waals surface area contributed by atoms with Crippen LogP contribution in [0, 0.1) is 0 Å². The van der Waals surface area contributed by atoms with E-state index in [1.165, 1.54) is 0 Å². The van der Waals surface area contributed by atoms with Crippen molar-refractivity contribution in [2.24, 2.45) is 0 Å². The average molecular weight is 302 g/mol. The van der Waals surface area contributed by atoms with Crippen molar-refractivity contribution < 1.29 is 18.8 Å². The maximum absolute atomic E-state index is 11.6. The number of carbonyl (C=O) groups is 1. The Morgan fingerprint density at radius 3 is 2.18 bits per heavy atom. The zero-order valence-electron chi connectivity index (χ0n) is 13.9. The third kappa shape index (κ3) is 3.59. The van der Waals surface area contributed by atoms with E-state index in [1.807, 2.05) is 51.9 Å². The molecule has 0 radical (unpaired) electrons. The van der Waals surface area contributed by atoms with Crippen LogP contribution in [0.15, 0.2) is 30.2 Å². The van der Waals surface area contributed by atoms with Crippen LogP contribution in [0.3, 0.4) is 0 Å². The zero-order chi connectivity index (χ0) is 16.4. The van der Waals surface area contributed by atoms with Gasteiger partial charge in [0.05, 0.1) is 23.4 Å². The molecule has 1 aliphatic heterocycles. The summed E-state index contributed by atoms with van der Waals surface area (Å²) in [5.41, 5.74) is 0.850. The van der Waals surface area contributed by atoms with E-state index in [2.05, 4.69) is 0 Å². The summed E-state index contributed by atoms with van der Waals surface area (Å²) in [5, 5.41) is 0. The third-order valence-electron chi connectivity index (χ3n) is 4.14. The second-order valence-corrected chi connectivity index (χ2v) is 6.33. The highest BCUT2D eigenvalue weighted by molar-refractivity contribution is 6.52. The summed E-state index contributed by atoms with van der Waals surface area (Å²) in [7, 11) is -0.366. The van der Waals surface area contributed by atoms with E-state index in [-0.39, 0.29) is 24.3 Å². The molecule has 1 aromatic rings. The summed E-state index contributed by atoms with van der Waals surface area (Å²) in [6.07, 6.45) is 1.93. The first-order chi connectivity index (χ1) is 10.2. The van der Waals surface area contributed by atoms with Gasteiger partial charge in [0.2, 0.25) is 0 Å². The van der Waals surface area contributed by atoms with Gasteiger partial charge < -0.3 is 14.0 Å². The fraction of sp³-hybridized carbons (Fsp3) is 0.471. The number of hydrogen-bond donors (Lipinski definition) is 0. The maximum Gasteiger partial charge on any atom is 0.487 e. The van der Waals surface area contributed by atoms with Gasteiger partial charge in [0.15, 0.2) is 0 Å². The first kappa shape index (κ1) is 16.8. The van der Waals surface area contributed by atoms with Crippen LogP contribution in [0.1, 0.15) is 50.5 Å². The van der Waals surface area contributed by atoms with E-state index in [1.54, 1.807) is 19.1 Å². The fourth-order valence-corrected chi connectivity index (χ4v) is 2.10. The molecule has 0 atom stereocenters. The Balaban J connectivity index is 2.01. The number of hydrogen-bond acceptors (Lipinski definition) is 4. The molecule has 0 N–H and O–H groups in total. The molecule has 5 heteroatoms. The molecule has 0 aliphatic carbocycles. The van der Waals surface area contributed by atoms with Crippen LogP contribution in [0.25, 0.3) is 6.08 Å². The number of rotatable bonds is 4. The summed E-state index contributed by atoms with van der Waals surface area (Å²) >= 11 is 0. The van der Waals surface area contributed by atoms with Crippen LogP contribution in [0.5, 0.6) is 0 Å². The van der Waals surface area contributed by atoms with Gasteiger partial charge in [-0.3, -0.25) is 0 Å². The molecule has 1 saturated heterocycles. The van der Waals surface area contributed by atoms with Crippen LogP contribution in [0.2, 0.25) is 0 Å². The molecule has 2 rings (SSSR count). The molecule has 0 unspecified atom stereocenters. The maximum atomic E-state index is 11.6. The highest BCUT2D eigenvalue weighted by atomic mass is 16.7. The summed E-state index contributed by atoms with van der Waals surface area (Å²) < 4.78 is 16.8. The Morgan fingerprint density at radius 1 is 1.14 bits per heavy atom. The van der Waals surface area contributed by atoms with Gasteiger partial charge in [0.1, 0.15) is 0 Å². The molecular weight excluding hydrogens is 279 g/mol. The van der Waals surface area contributed by atoms with Gasteiger partial charge in [-0.15, -0.1) is 0 Å². The summed E-state index contributed by atoms with van der Waals surface area (Å²) in [4.78, 5) is 11.6. The smallest absolute Gasteiger partial charge is 0.462 e. The van der Waals surface area contributed by atoms with Crippen molar-refractivity contribution in [1.82, 2.24) is 0 Å². The summed E-state index contributed by atoms with van der Waals surface area (Å²) in [5.74, 6) is 1.58. The van der Waals surface area contributed by atoms with Crippen LogP contribution in [-0.4, -0.2) is 30.9 Å². The molecule has 0 spiro atoms. The van der Waals surface area contributed by atoms with Crippen LogP contribution >= 0.6 is 0 Å². The Hall–Kier alpha value is -1.59. The summed E-state index contributed by atoms with van der Waals surface area (Å²) in [6, 6.07) is 7.24.